The van der Waals surface area contributed by atoms with Crippen LogP contribution in [0.5, 0.6) is 0 Å². The highest BCUT2D eigenvalue weighted by Gasteiger charge is 2.36. The predicted molar refractivity (Wildman–Crippen MR) is 80.4 cm³/mol. The average Bonchev–Trinajstić information content (AvgIpc) is 3.27. The first-order valence-electron chi connectivity index (χ1n) is 7.76. The number of benzene rings is 1. The SMILES string of the molecule is CC(CN1CC(C2CC2)NCC1C)c1ccccc1. The Labute approximate surface area is 117 Å². The lowest BCUT2D eigenvalue weighted by Gasteiger charge is -2.40. The lowest BCUT2D eigenvalue weighted by Crippen LogP contribution is -2.56. The maximum Gasteiger partial charge on any atom is 0.0224 e. The Kier molecular flexibility index (Phi) is 3.90. The summed E-state index contributed by atoms with van der Waals surface area (Å²) in [5.74, 6) is 1.59. The monoisotopic (exact) mass is 258 g/mol. The van der Waals surface area contributed by atoms with Crippen molar-refractivity contribution in [3.8, 4) is 0 Å². The first kappa shape index (κ1) is 13.1. The third-order valence-corrected chi connectivity index (χ3v) is 4.80. The van der Waals surface area contributed by atoms with Gasteiger partial charge in [-0.15, -0.1) is 0 Å². The van der Waals surface area contributed by atoms with Gasteiger partial charge >= 0.3 is 0 Å². The number of rotatable bonds is 4. The smallest absolute Gasteiger partial charge is 0.0224 e. The molecule has 1 N–H and O–H groups in total. The van der Waals surface area contributed by atoms with Crippen LogP contribution in [0.25, 0.3) is 0 Å². The van der Waals surface area contributed by atoms with Crippen LogP contribution in [0.3, 0.4) is 0 Å². The first-order chi connectivity index (χ1) is 9.24. The molecule has 2 aliphatic rings. The van der Waals surface area contributed by atoms with Gasteiger partial charge in [0.05, 0.1) is 0 Å². The minimum Gasteiger partial charge on any atom is -0.311 e. The Morgan fingerprint density at radius 2 is 2.00 bits per heavy atom. The molecule has 1 aliphatic heterocycles. The van der Waals surface area contributed by atoms with Crippen molar-refractivity contribution in [3.63, 3.8) is 0 Å². The summed E-state index contributed by atoms with van der Waals surface area (Å²) < 4.78 is 0. The van der Waals surface area contributed by atoms with E-state index in [0.29, 0.717) is 12.0 Å². The minimum atomic E-state index is 0.626. The van der Waals surface area contributed by atoms with Crippen molar-refractivity contribution < 1.29 is 0 Å². The Morgan fingerprint density at radius 1 is 1.26 bits per heavy atom. The van der Waals surface area contributed by atoms with Crippen molar-refractivity contribution in [2.45, 2.75) is 44.7 Å². The van der Waals surface area contributed by atoms with Crippen molar-refractivity contribution in [3.05, 3.63) is 35.9 Å². The summed E-state index contributed by atoms with van der Waals surface area (Å²) in [6.45, 7) is 8.30. The number of nitrogens with zero attached hydrogens (tertiary/aromatic N) is 1. The van der Waals surface area contributed by atoms with Crippen molar-refractivity contribution >= 4 is 0 Å². The Balaban J connectivity index is 1.60. The van der Waals surface area contributed by atoms with E-state index in [9.17, 15) is 0 Å². The Morgan fingerprint density at radius 3 is 2.68 bits per heavy atom. The van der Waals surface area contributed by atoms with Gasteiger partial charge in [0.15, 0.2) is 0 Å². The molecule has 2 fully saturated rings. The van der Waals surface area contributed by atoms with Crippen LogP contribution in [0, 0.1) is 5.92 Å². The molecule has 2 heteroatoms. The summed E-state index contributed by atoms with van der Waals surface area (Å²) in [6, 6.07) is 12.3. The van der Waals surface area contributed by atoms with Crippen LogP contribution in [0.1, 0.15) is 38.2 Å². The fraction of sp³-hybridized carbons (Fsp3) is 0.647. The molecule has 0 spiro atoms. The maximum atomic E-state index is 3.73. The van der Waals surface area contributed by atoms with Crippen LogP contribution < -0.4 is 5.32 Å². The van der Waals surface area contributed by atoms with E-state index in [2.05, 4.69) is 54.4 Å². The summed E-state index contributed by atoms with van der Waals surface area (Å²) in [5, 5.41) is 3.73. The molecule has 3 unspecified atom stereocenters. The molecule has 0 amide bonds. The van der Waals surface area contributed by atoms with Crippen molar-refractivity contribution in [2.24, 2.45) is 5.92 Å². The summed E-state index contributed by atoms with van der Waals surface area (Å²) in [7, 11) is 0. The zero-order valence-corrected chi connectivity index (χ0v) is 12.2. The van der Waals surface area contributed by atoms with Crippen molar-refractivity contribution in [2.75, 3.05) is 19.6 Å². The second-order valence-corrected chi connectivity index (χ2v) is 6.47. The molecule has 1 aromatic rings. The molecular weight excluding hydrogens is 232 g/mol. The molecular formula is C17H26N2. The summed E-state index contributed by atoms with van der Waals surface area (Å²) in [6.07, 6.45) is 2.88. The fourth-order valence-corrected chi connectivity index (χ4v) is 3.26. The van der Waals surface area contributed by atoms with Crippen LogP contribution in [0.15, 0.2) is 30.3 Å². The molecule has 1 heterocycles. The topological polar surface area (TPSA) is 15.3 Å². The number of nitrogens with one attached hydrogen (secondary N) is 1. The number of hydrogen-bond donors (Lipinski definition) is 1. The lowest BCUT2D eigenvalue weighted by molar-refractivity contribution is 0.126. The van der Waals surface area contributed by atoms with Gasteiger partial charge in [-0.1, -0.05) is 37.3 Å². The highest BCUT2D eigenvalue weighted by molar-refractivity contribution is 5.19. The lowest BCUT2D eigenvalue weighted by atomic mass is 9.98. The van der Waals surface area contributed by atoms with Crippen LogP contribution in [0.4, 0.5) is 0 Å². The molecule has 3 rings (SSSR count). The molecule has 2 nitrogen and oxygen atoms in total. The Hall–Kier alpha value is -0.860. The van der Waals surface area contributed by atoms with E-state index in [0.717, 1.165) is 18.5 Å². The third-order valence-electron chi connectivity index (χ3n) is 4.80. The van der Waals surface area contributed by atoms with Gasteiger partial charge in [-0.05, 0) is 37.2 Å². The molecule has 0 aromatic heterocycles. The number of piperazine rings is 1. The van der Waals surface area contributed by atoms with Gasteiger partial charge in [0.2, 0.25) is 0 Å². The summed E-state index contributed by atoms with van der Waals surface area (Å²) >= 11 is 0. The molecule has 1 saturated heterocycles. The zero-order chi connectivity index (χ0) is 13.2. The quantitative estimate of drug-likeness (QED) is 0.893. The second kappa shape index (κ2) is 5.64. The van der Waals surface area contributed by atoms with E-state index < -0.39 is 0 Å². The predicted octanol–water partition coefficient (Wildman–Crippen LogP) is 2.86. The van der Waals surface area contributed by atoms with Crippen LogP contribution in [-0.4, -0.2) is 36.6 Å². The summed E-state index contributed by atoms with van der Waals surface area (Å²) in [4.78, 5) is 2.69. The van der Waals surface area contributed by atoms with Gasteiger partial charge < -0.3 is 5.32 Å². The van der Waals surface area contributed by atoms with E-state index >= 15 is 0 Å². The molecule has 0 radical (unpaired) electrons. The van der Waals surface area contributed by atoms with E-state index in [-0.39, 0.29) is 0 Å². The van der Waals surface area contributed by atoms with Gasteiger partial charge in [-0.3, -0.25) is 4.90 Å². The summed E-state index contributed by atoms with van der Waals surface area (Å²) in [5.41, 5.74) is 1.47. The van der Waals surface area contributed by atoms with Gasteiger partial charge in [0, 0.05) is 31.7 Å². The normalized spacial score (nSPS) is 30.2. The molecule has 1 aliphatic carbocycles. The third kappa shape index (κ3) is 3.18. The first-order valence-corrected chi connectivity index (χ1v) is 7.76. The van der Waals surface area contributed by atoms with Crippen molar-refractivity contribution in [1.82, 2.24) is 10.2 Å². The van der Waals surface area contributed by atoms with E-state index in [1.165, 1.54) is 31.5 Å². The van der Waals surface area contributed by atoms with Gasteiger partial charge in [-0.25, -0.2) is 0 Å². The van der Waals surface area contributed by atoms with Gasteiger partial charge in [0.25, 0.3) is 0 Å². The van der Waals surface area contributed by atoms with E-state index in [4.69, 9.17) is 0 Å². The molecule has 104 valence electrons. The molecule has 1 saturated carbocycles. The molecule has 1 aromatic carbocycles. The standard InChI is InChI=1S/C17H26N2/c1-13(15-6-4-3-5-7-15)11-19-12-17(16-8-9-16)18-10-14(19)2/h3-7,13-14,16-18H,8-12H2,1-2H3. The average molecular weight is 258 g/mol. The van der Waals surface area contributed by atoms with Crippen LogP contribution >= 0.6 is 0 Å². The highest BCUT2D eigenvalue weighted by atomic mass is 15.2. The fourth-order valence-electron chi connectivity index (χ4n) is 3.26. The van der Waals surface area contributed by atoms with Gasteiger partial charge in [0.1, 0.15) is 0 Å². The largest absolute Gasteiger partial charge is 0.311 e. The molecule has 0 bridgehead atoms. The van der Waals surface area contributed by atoms with Crippen molar-refractivity contribution in [1.29, 1.82) is 0 Å². The Bertz CT molecular complexity index is 399. The number of hydrogen-bond acceptors (Lipinski definition) is 2. The van der Waals surface area contributed by atoms with Gasteiger partial charge in [-0.2, -0.15) is 0 Å². The minimum absolute atomic E-state index is 0.626. The second-order valence-electron chi connectivity index (χ2n) is 6.47. The van der Waals surface area contributed by atoms with E-state index in [1.54, 1.807) is 0 Å². The highest BCUT2D eigenvalue weighted by Crippen LogP contribution is 2.34. The van der Waals surface area contributed by atoms with Crippen LogP contribution in [-0.2, 0) is 0 Å². The van der Waals surface area contributed by atoms with Crippen LogP contribution in [0.2, 0.25) is 0 Å². The zero-order valence-electron chi connectivity index (χ0n) is 12.2. The molecule has 19 heavy (non-hydrogen) atoms. The molecule has 3 atom stereocenters. The maximum absolute atomic E-state index is 3.73. The van der Waals surface area contributed by atoms with E-state index in [1.807, 2.05) is 0 Å².